The first-order chi connectivity index (χ1) is 4.77. The van der Waals surface area contributed by atoms with E-state index in [0.717, 1.165) is 13.1 Å². The first-order valence-corrected chi connectivity index (χ1v) is 4.07. The third kappa shape index (κ3) is 0.867. The minimum Gasteiger partial charge on any atom is -0.302 e. The highest BCUT2D eigenvalue weighted by molar-refractivity contribution is 6.64. The lowest BCUT2D eigenvalue weighted by Gasteiger charge is -2.17. The van der Waals surface area contributed by atoms with Crippen LogP contribution in [0.5, 0.6) is 0 Å². The van der Waals surface area contributed by atoms with Crippen molar-refractivity contribution in [2.45, 2.75) is 6.42 Å². The van der Waals surface area contributed by atoms with Gasteiger partial charge in [0.1, 0.15) is 0 Å². The molecule has 2 aliphatic heterocycles. The molecule has 0 saturated carbocycles. The van der Waals surface area contributed by atoms with Crippen LogP contribution < -0.4 is 0 Å². The fraction of sp³-hybridized carbons (Fsp3) is 0.857. The molecule has 2 bridgehead atoms. The predicted octanol–water partition coefficient (Wildman–Crippen LogP) is 0.704. The first kappa shape index (κ1) is 6.62. The second-order valence-electron chi connectivity index (χ2n) is 3.22. The summed E-state index contributed by atoms with van der Waals surface area (Å²) in [5, 5.41) is -0.132. The summed E-state index contributed by atoms with van der Waals surface area (Å²) in [5.74, 6) is 0.723. The van der Waals surface area contributed by atoms with Gasteiger partial charge in [0, 0.05) is 19.0 Å². The smallest absolute Gasteiger partial charge is 0.226 e. The van der Waals surface area contributed by atoms with E-state index in [1.807, 2.05) is 0 Å². The summed E-state index contributed by atoms with van der Waals surface area (Å²) in [6.45, 7) is 3.18. The maximum Gasteiger partial charge on any atom is 0.226 e. The van der Waals surface area contributed by atoms with Crippen molar-refractivity contribution in [2.24, 2.45) is 11.8 Å². The number of hydrogen-bond acceptors (Lipinski definition) is 2. The van der Waals surface area contributed by atoms with Crippen LogP contribution in [0, 0.1) is 11.8 Å². The van der Waals surface area contributed by atoms with E-state index in [4.69, 9.17) is 11.6 Å². The number of carbonyl (C=O) groups is 1. The van der Waals surface area contributed by atoms with Crippen molar-refractivity contribution in [1.82, 2.24) is 4.90 Å². The molecule has 2 rings (SSSR count). The predicted molar refractivity (Wildman–Crippen MR) is 38.9 cm³/mol. The van der Waals surface area contributed by atoms with Crippen molar-refractivity contribution >= 4 is 16.8 Å². The summed E-state index contributed by atoms with van der Waals surface area (Å²) in [4.78, 5) is 13.1. The molecule has 0 amide bonds. The first-order valence-electron chi connectivity index (χ1n) is 3.69. The molecule has 0 aromatic carbocycles. The van der Waals surface area contributed by atoms with E-state index < -0.39 is 0 Å². The van der Waals surface area contributed by atoms with Crippen LogP contribution in [0.1, 0.15) is 6.42 Å². The minimum atomic E-state index is -0.132. The number of fused-ring (bicyclic) bond motifs is 2. The zero-order valence-corrected chi connectivity index (χ0v) is 6.47. The highest BCUT2D eigenvalue weighted by Gasteiger charge is 2.40. The van der Waals surface area contributed by atoms with Gasteiger partial charge in [-0.3, -0.25) is 4.79 Å². The fourth-order valence-electron chi connectivity index (χ4n) is 2.04. The van der Waals surface area contributed by atoms with E-state index in [-0.39, 0.29) is 11.2 Å². The van der Waals surface area contributed by atoms with Crippen molar-refractivity contribution < 1.29 is 4.79 Å². The van der Waals surface area contributed by atoms with E-state index in [9.17, 15) is 4.79 Å². The van der Waals surface area contributed by atoms with Crippen LogP contribution in [0.3, 0.4) is 0 Å². The number of rotatable bonds is 1. The number of nitrogens with zero attached hydrogens (tertiary/aromatic N) is 1. The lowest BCUT2D eigenvalue weighted by atomic mass is 9.94. The summed E-state index contributed by atoms with van der Waals surface area (Å²) in [6, 6.07) is 0. The van der Waals surface area contributed by atoms with E-state index in [1.54, 1.807) is 0 Å². The van der Waals surface area contributed by atoms with Gasteiger partial charge in [-0.05, 0) is 30.5 Å². The van der Waals surface area contributed by atoms with Crippen LogP contribution in [0.25, 0.3) is 0 Å². The van der Waals surface area contributed by atoms with Gasteiger partial charge in [0.05, 0.1) is 0 Å². The molecule has 2 saturated heterocycles. The molecule has 0 aliphatic carbocycles. The van der Waals surface area contributed by atoms with Gasteiger partial charge in [-0.2, -0.15) is 0 Å². The number of hydrogen-bond donors (Lipinski definition) is 0. The summed E-state index contributed by atoms with van der Waals surface area (Å²) < 4.78 is 0. The van der Waals surface area contributed by atoms with Crippen LogP contribution >= 0.6 is 11.6 Å². The third-order valence-corrected chi connectivity index (χ3v) is 2.90. The molecule has 0 radical (unpaired) electrons. The second kappa shape index (κ2) is 2.21. The Morgan fingerprint density at radius 3 is 2.60 bits per heavy atom. The van der Waals surface area contributed by atoms with Gasteiger partial charge >= 0.3 is 0 Å². The van der Waals surface area contributed by atoms with Crippen LogP contribution in [0.15, 0.2) is 0 Å². The highest BCUT2D eigenvalue weighted by atomic mass is 35.5. The van der Waals surface area contributed by atoms with Gasteiger partial charge in [0.25, 0.3) is 0 Å². The third-order valence-electron chi connectivity index (χ3n) is 2.62. The standard InChI is InChI=1S/C7H10ClNO/c8-7(10)6-4-9-2-1-5(6)3-9/h5-6H,1-4H2/t5-,6-/m1/s1. The molecular formula is C7H10ClNO. The van der Waals surface area contributed by atoms with E-state index in [0.29, 0.717) is 5.92 Å². The minimum absolute atomic E-state index is 0.132. The summed E-state index contributed by atoms with van der Waals surface area (Å²) in [5.41, 5.74) is 0. The molecule has 0 aromatic rings. The lowest BCUT2D eigenvalue weighted by molar-refractivity contribution is -0.116. The number of carbonyl (C=O) groups excluding carboxylic acids is 1. The average Bonchev–Trinajstić information content (AvgIpc) is 2.44. The van der Waals surface area contributed by atoms with Gasteiger partial charge in [-0.15, -0.1) is 0 Å². The van der Waals surface area contributed by atoms with Crippen LogP contribution in [0.2, 0.25) is 0 Å². The number of piperidine rings is 1. The highest BCUT2D eigenvalue weighted by Crippen LogP contribution is 2.33. The van der Waals surface area contributed by atoms with E-state index >= 15 is 0 Å². The van der Waals surface area contributed by atoms with E-state index in [2.05, 4.69) is 4.90 Å². The quantitative estimate of drug-likeness (QED) is 0.525. The second-order valence-corrected chi connectivity index (χ2v) is 3.59. The van der Waals surface area contributed by atoms with Crippen LogP contribution in [-0.2, 0) is 4.79 Å². The Bertz CT molecular complexity index is 171. The molecule has 1 unspecified atom stereocenters. The van der Waals surface area contributed by atoms with Crippen molar-refractivity contribution in [3.05, 3.63) is 0 Å². The van der Waals surface area contributed by atoms with Gasteiger partial charge in [-0.1, -0.05) is 0 Å². The SMILES string of the molecule is O=C(Cl)[C@@H]1CN2CC[C@@H]1C2. The zero-order valence-electron chi connectivity index (χ0n) is 5.72. The molecule has 2 fully saturated rings. The Hall–Kier alpha value is -0.0800. The molecule has 0 aromatic heterocycles. The molecule has 10 heavy (non-hydrogen) atoms. The largest absolute Gasteiger partial charge is 0.302 e. The zero-order chi connectivity index (χ0) is 7.14. The van der Waals surface area contributed by atoms with Crippen molar-refractivity contribution in [1.29, 1.82) is 0 Å². The molecule has 56 valence electrons. The van der Waals surface area contributed by atoms with Gasteiger partial charge < -0.3 is 4.90 Å². The van der Waals surface area contributed by atoms with Crippen LogP contribution in [-0.4, -0.2) is 29.8 Å². The maximum absolute atomic E-state index is 10.8. The van der Waals surface area contributed by atoms with Crippen molar-refractivity contribution in [2.75, 3.05) is 19.6 Å². The summed E-state index contributed by atoms with van der Waals surface area (Å²) in [7, 11) is 0. The van der Waals surface area contributed by atoms with Crippen molar-refractivity contribution in [3.63, 3.8) is 0 Å². The topological polar surface area (TPSA) is 20.3 Å². The molecule has 3 atom stereocenters. The van der Waals surface area contributed by atoms with Gasteiger partial charge in [-0.25, -0.2) is 0 Å². The molecule has 2 nitrogen and oxygen atoms in total. The van der Waals surface area contributed by atoms with E-state index in [1.165, 1.54) is 13.0 Å². The van der Waals surface area contributed by atoms with Crippen molar-refractivity contribution in [3.8, 4) is 0 Å². The Morgan fingerprint density at radius 2 is 2.30 bits per heavy atom. The molecule has 2 aliphatic rings. The molecule has 3 heteroatoms. The molecular weight excluding hydrogens is 150 g/mol. The molecule has 2 heterocycles. The summed E-state index contributed by atoms with van der Waals surface area (Å²) >= 11 is 5.41. The Labute approximate surface area is 65.1 Å². The van der Waals surface area contributed by atoms with Gasteiger partial charge in [0.15, 0.2) is 0 Å². The monoisotopic (exact) mass is 159 g/mol. The summed E-state index contributed by atoms with van der Waals surface area (Å²) in [6.07, 6.45) is 1.17. The lowest BCUT2D eigenvalue weighted by Crippen LogP contribution is -2.26. The maximum atomic E-state index is 10.8. The Morgan fingerprint density at radius 1 is 1.50 bits per heavy atom. The fourth-order valence-corrected chi connectivity index (χ4v) is 2.29. The number of halogens is 1. The van der Waals surface area contributed by atoms with Crippen LogP contribution in [0.4, 0.5) is 0 Å². The Balaban J connectivity index is 2.08. The van der Waals surface area contributed by atoms with Gasteiger partial charge in [0.2, 0.25) is 5.24 Å². The molecule has 0 N–H and O–H groups in total. The molecule has 0 spiro atoms. The average molecular weight is 160 g/mol. The Kier molecular flexibility index (Phi) is 1.46. The normalized spacial score (nSPS) is 44.3.